The third-order valence-corrected chi connectivity index (χ3v) is 4.49. The quantitative estimate of drug-likeness (QED) is 0.772. The van der Waals surface area contributed by atoms with E-state index in [9.17, 15) is 9.59 Å². The first-order valence-corrected chi connectivity index (χ1v) is 9.00. The number of rotatable bonds is 5. The van der Waals surface area contributed by atoms with E-state index in [4.69, 9.17) is 0 Å². The summed E-state index contributed by atoms with van der Waals surface area (Å²) in [5.41, 5.74) is 2.55. The van der Waals surface area contributed by atoms with E-state index in [0.717, 1.165) is 10.2 Å². The van der Waals surface area contributed by atoms with Crippen LogP contribution in [-0.4, -0.2) is 18.4 Å². The fourth-order valence-electron chi connectivity index (χ4n) is 2.29. The van der Waals surface area contributed by atoms with Gasteiger partial charge >= 0.3 is 0 Å². The van der Waals surface area contributed by atoms with Gasteiger partial charge in [-0.1, -0.05) is 45.0 Å². The Morgan fingerprint density at radius 1 is 1.00 bits per heavy atom. The third-order valence-electron chi connectivity index (χ3n) is 3.80. The molecule has 0 bridgehead atoms. The lowest BCUT2D eigenvalue weighted by Crippen LogP contribution is -2.27. The SMILES string of the molecule is CC(C)(C)c1ccc(C(=O)NCCC(=O)Nc2ccccc2Br)cc1. The number of nitrogens with one attached hydrogen (secondary N) is 2. The van der Waals surface area contributed by atoms with Gasteiger partial charge in [-0.2, -0.15) is 0 Å². The Balaban J connectivity index is 1.82. The maximum absolute atomic E-state index is 12.1. The molecular weight excluding hydrogens is 380 g/mol. The zero-order chi connectivity index (χ0) is 18.4. The van der Waals surface area contributed by atoms with Crippen LogP contribution in [0, 0.1) is 0 Å². The molecule has 0 radical (unpaired) electrons. The number of halogens is 1. The number of anilines is 1. The van der Waals surface area contributed by atoms with Crippen molar-refractivity contribution in [2.24, 2.45) is 0 Å². The molecule has 0 aliphatic carbocycles. The van der Waals surface area contributed by atoms with Crippen LogP contribution in [0.3, 0.4) is 0 Å². The molecule has 0 aromatic heterocycles. The number of carbonyl (C=O) groups is 2. The van der Waals surface area contributed by atoms with Crippen molar-refractivity contribution in [1.82, 2.24) is 5.32 Å². The van der Waals surface area contributed by atoms with E-state index < -0.39 is 0 Å². The van der Waals surface area contributed by atoms with Crippen molar-refractivity contribution in [1.29, 1.82) is 0 Å². The van der Waals surface area contributed by atoms with Crippen molar-refractivity contribution in [3.63, 3.8) is 0 Å². The van der Waals surface area contributed by atoms with Crippen LogP contribution in [-0.2, 0) is 10.2 Å². The number of hydrogen-bond donors (Lipinski definition) is 2. The molecule has 0 aliphatic rings. The van der Waals surface area contributed by atoms with Gasteiger partial charge in [-0.25, -0.2) is 0 Å². The lowest BCUT2D eigenvalue weighted by Gasteiger charge is -2.19. The van der Waals surface area contributed by atoms with E-state index in [-0.39, 0.29) is 30.2 Å². The van der Waals surface area contributed by atoms with Crippen molar-refractivity contribution >= 4 is 33.4 Å². The van der Waals surface area contributed by atoms with Crippen LogP contribution >= 0.6 is 15.9 Å². The summed E-state index contributed by atoms with van der Waals surface area (Å²) in [4.78, 5) is 24.1. The highest BCUT2D eigenvalue weighted by molar-refractivity contribution is 9.10. The second-order valence-electron chi connectivity index (χ2n) is 6.86. The summed E-state index contributed by atoms with van der Waals surface area (Å²) >= 11 is 3.38. The van der Waals surface area contributed by atoms with Crippen LogP contribution in [0.5, 0.6) is 0 Å². The molecule has 0 aliphatic heterocycles. The first-order chi connectivity index (χ1) is 11.8. The molecule has 5 heteroatoms. The summed E-state index contributed by atoms with van der Waals surface area (Å²) in [6, 6.07) is 15.0. The zero-order valence-electron chi connectivity index (χ0n) is 14.7. The highest BCUT2D eigenvalue weighted by Crippen LogP contribution is 2.22. The molecule has 0 atom stereocenters. The zero-order valence-corrected chi connectivity index (χ0v) is 16.3. The number of amides is 2. The van der Waals surface area contributed by atoms with Crippen LogP contribution in [0.15, 0.2) is 53.0 Å². The lowest BCUT2D eigenvalue weighted by molar-refractivity contribution is -0.116. The standard InChI is InChI=1S/C20H23BrN2O2/c1-20(2,3)15-10-8-14(9-11-15)19(25)22-13-12-18(24)23-17-7-5-4-6-16(17)21/h4-11H,12-13H2,1-3H3,(H,22,25)(H,23,24). The van der Waals surface area contributed by atoms with Crippen molar-refractivity contribution in [3.05, 3.63) is 64.1 Å². The average Bonchev–Trinajstić information content (AvgIpc) is 2.56. The molecule has 0 fully saturated rings. The van der Waals surface area contributed by atoms with E-state index in [1.807, 2.05) is 48.5 Å². The van der Waals surface area contributed by atoms with Gasteiger partial charge < -0.3 is 10.6 Å². The molecule has 25 heavy (non-hydrogen) atoms. The second kappa shape index (κ2) is 8.30. The van der Waals surface area contributed by atoms with Crippen LogP contribution in [0.1, 0.15) is 43.1 Å². The Hall–Kier alpha value is -2.14. The fourth-order valence-corrected chi connectivity index (χ4v) is 2.67. The van der Waals surface area contributed by atoms with Crippen molar-refractivity contribution < 1.29 is 9.59 Å². The molecule has 132 valence electrons. The maximum Gasteiger partial charge on any atom is 0.251 e. The minimum atomic E-state index is -0.172. The van der Waals surface area contributed by atoms with Crippen molar-refractivity contribution in [2.45, 2.75) is 32.6 Å². The van der Waals surface area contributed by atoms with Crippen LogP contribution < -0.4 is 10.6 Å². The number of benzene rings is 2. The molecule has 0 heterocycles. The number of para-hydroxylation sites is 1. The van der Waals surface area contributed by atoms with E-state index in [1.54, 1.807) is 0 Å². The van der Waals surface area contributed by atoms with Gasteiger partial charge in [0.25, 0.3) is 5.91 Å². The van der Waals surface area contributed by atoms with Gasteiger partial charge in [-0.15, -0.1) is 0 Å². The fraction of sp³-hybridized carbons (Fsp3) is 0.300. The van der Waals surface area contributed by atoms with Gasteiger partial charge in [-0.3, -0.25) is 9.59 Å². The molecule has 2 N–H and O–H groups in total. The smallest absolute Gasteiger partial charge is 0.251 e. The van der Waals surface area contributed by atoms with Gasteiger partial charge in [0.2, 0.25) is 5.91 Å². The Kier molecular flexibility index (Phi) is 6.37. The Morgan fingerprint density at radius 2 is 1.64 bits per heavy atom. The summed E-state index contributed by atoms with van der Waals surface area (Å²) in [5, 5.41) is 5.59. The molecule has 0 saturated heterocycles. The van der Waals surface area contributed by atoms with Crippen molar-refractivity contribution in [3.8, 4) is 0 Å². The van der Waals surface area contributed by atoms with Crippen molar-refractivity contribution in [2.75, 3.05) is 11.9 Å². The van der Waals surface area contributed by atoms with Gasteiger partial charge in [0.1, 0.15) is 0 Å². The van der Waals surface area contributed by atoms with Gasteiger partial charge in [0, 0.05) is 23.0 Å². The molecule has 0 unspecified atom stereocenters. The topological polar surface area (TPSA) is 58.2 Å². The summed E-state index contributed by atoms with van der Waals surface area (Å²) in [6.07, 6.45) is 0.215. The van der Waals surface area contributed by atoms with E-state index in [2.05, 4.69) is 47.3 Å². The Bertz CT molecular complexity index is 749. The molecule has 4 nitrogen and oxygen atoms in total. The molecule has 0 spiro atoms. The molecule has 2 amide bonds. The second-order valence-corrected chi connectivity index (χ2v) is 7.72. The molecular formula is C20H23BrN2O2. The van der Waals surface area contributed by atoms with Crippen LogP contribution in [0.25, 0.3) is 0 Å². The molecule has 2 aromatic rings. The Morgan fingerprint density at radius 3 is 2.24 bits per heavy atom. The van der Waals surface area contributed by atoms with Gasteiger partial charge in [0.05, 0.1) is 5.69 Å². The van der Waals surface area contributed by atoms with E-state index >= 15 is 0 Å². The van der Waals surface area contributed by atoms with Gasteiger partial charge in [0.15, 0.2) is 0 Å². The first-order valence-electron chi connectivity index (χ1n) is 8.20. The number of carbonyl (C=O) groups excluding carboxylic acids is 2. The minimum Gasteiger partial charge on any atom is -0.352 e. The van der Waals surface area contributed by atoms with Crippen LogP contribution in [0.2, 0.25) is 0 Å². The normalized spacial score (nSPS) is 11.0. The lowest BCUT2D eigenvalue weighted by atomic mass is 9.87. The average molecular weight is 403 g/mol. The first kappa shape index (κ1) is 19.2. The van der Waals surface area contributed by atoms with Crippen LogP contribution in [0.4, 0.5) is 5.69 Å². The maximum atomic E-state index is 12.1. The molecule has 2 aromatic carbocycles. The summed E-state index contributed by atoms with van der Waals surface area (Å²) in [6.45, 7) is 6.68. The highest BCUT2D eigenvalue weighted by Gasteiger charge is 2.14. The predicted octanol–water partition coefficient (Wildman–Crippen LogP) is 4.51. The van der Waals surface area contributed by atoms with Gasteiger partial charge in [-0.05, 0) is 51.2 Å². The van der Waals surface area contributed by atoms with E-state index in [0.29, 0.717) is 5.56 Å². The monoisotopic (exact) mass is 402 g/mol. The molecule has 0 saturated carbocycles. The highest BCUT2D eigenvalue weighted by atomic mass is 79.9. The third kappa shape index (κ3) is 5.71. The largest absolute Gasteiger partial charge is 0.352 e. The minimum absolute atomic E-state index is 0.0544. The number of hydrogen-bond acceptors (Lipinski definition) is 2. The molecule has 2 rings (SSSR count). The van der Waals surface area contributed by atoms with E-state index in [1.165, 1.54) is 5.56 Å². The summed E-state index contributed by atoms with van der Waals surface area (Å²) in [5.74, 6) is -0.315. The Labute approximate surface area is 157 Å². The summed E-state index contributed by atoms with van der Waals surface area (Å²) in [7, 11) is 0. The summed E-state index contributed by atoms with van der Waals surface area (Å²) < 4.78 is 0.825. The predicted molar refractivity (Wildman–Crippen MR) is 105 cm³/mol.